The number of anilines is 2. The molecule has 592 valence electrons. The number of aromatic nitrogens is 4. The van der Waals surface area contributed by atoms with Gasteiger partial charge in [-0.25, -0.2) is 28.8 Å². The molecule has 0 radical (unpaired) electrons. The molecule has 10 atom stereocenters. The molecule has 2 fully saturated rings. The van der Waals surface area contributed by atoms with E-state index in [0.717, 1.165) is 24.5 Å². The van der Waals surface area contributed by atoms with Gasteiger partial charge in [-0.2, -0.15) is 41.0 Å². The number of alkyl halides is 4. The molecule has 0 spiro atoms. The van der Waals surface area contributed by atoms with Gasteiger partial charge in [-0.1, -0.05) is 56.4 Å². The van der Waals surface area contributed by atoms with Gasteiger partial charge in [0.05, 0.1) is 73.4 Å². The standard InChI is InChI=1S/C28H35F2N4O12P.C21H22F2N3O12P.C7H15NO.C6H15N.2CH4.H2S/c1-6-18(35)22(14(2)3)33-47(39,40)44-13-20-24(36)28(29,30)25(46-20)34-8-7-21(31-26(34)37)32-27(38)43-12-17-10-15-9-16(41-4)11-19(42-5)23(15)45-17;1-33-11-5-10-6-12(37-16(10)13(7-11)34-2)8-35-20(29)25-15-3-4-26(19(28)24-15)18-21(22,23)17(27)14(38-18)9-36-39(30,31)32;1-4-6(9)7(8)5(2)3;1-4-7(5-2)6-3;;;/h7-11,14,20,22,24-25,36H,6,12-13H2,1-5H3,(H2,33,39,40)(H,31,32,37,38);3-7,14,17-18,27H,8-9H2,1-2H3,(H2,30,31,32)(H,24,25,28,29);5,7H,4,8H2,1-3H3;4-6H2,1-3H3;2*1H4;1H2/t20-,22+,24-,25-;14-,17-,18-;7-;;;;/m110..../s1. The van der Waals surface area contributed by atoms with Gasteiger partial charge in [-0.3, -0.25) is 38.4 Å². The third kappa shape index (κ3) is 25.5. The van der Waals surface area contributed by atoms with E-state index in [2.05, 4.69) is 51.0 Å². The van der Waals surface area contributed by atoms with E-state index in [9.17, 15) is 66.7 Å². The van der Waals surface area contributed by atoms with Crippen molar-refractivity contribution in [2.24, 2.45) is 17.6 Å². The molecule has 2 amide bonds. The molecule has 2 aromatic carbocycles. The number of nitrogens with zero attached hydrogens (tertiary/aromatic N) is 4. The zero-order valence-corrected chi connectivity index (χ0v) is 61.3. The van der Waals surface area contributed by atoms with Crippen LogP contribution in [0.3, 0.4) is 0 Å². The summed E-state index contributed by atoms with van der Waals surface area (Å²) in [5.74, 6) is -6.84. The summed E-state index contributed by atoms with van der Waals surface area (Å²) in [7, 11) is -4.13. The number of nitrogens with one attached hydrogen (secondary N) is 4. The first kappa shape index (κ1) is 93.5. The normalized spacial score (nSPS) is 19.4. The molecule has 41 heteroatoms. The average molecular weight is 1560 g/mol. The van der Waals surface area contributed by atoms with Crippen LogP contribution in [0.1, 0.15) is 114 Å². The molecule has 6 heterocycles. The molecule has 0 saturated carbocycles. The molecule has 105 heavy (non-hydrogen) atoms. The maximum Gasteiger partial charge on any atom is 0.413 e. The lowest BCUT2D eigenvalue weighted by atomic mass is 10.00. The molecular formula is C64H97F4N9O25P2S. The number of aliphatic hydroxyl groups is 2. The molecule has 34 nitrogen and oxygen atoms in total. The Balaban J connectivity index is 0.000000581. The van der Waals surface area contributed by atoms with Gasteiger partial charge in [0.25, 0.3) is 7.82 Å². The van der Waals surface area contributed by atoms with Crippen molar-refractivity contribution in [2.75, 3.05) is 71.9 Å². The quantitative estimate of drug-likeness (QED) is 0.0173. The largest absolute Gasteiger partial charge is 0.756 e. The SMILES string of the molecule is C.C.CCC(=O)[C@@H](N)C(C)C.CCC(=O)[C@@H](NP(=O)(O)OC[C@H]1O[C@@H](n2ccc(NC(=O)OCc3cc4cc(OC)cc(OC)c4o3)nc2=O)C(F)(F)[C@@H]1O)C(C)C.CC[NH+](CC)CC.COc1cc(OC)c2oc(COC(=O)Nc3ccn([C@@H]4O[C@H](COP(=O)([O-])O)[C@@H](O)C4(F)F)c(=O)n3)cc2c1.S. The van der Waals surface area contributed by atoms with E-state index in [4.69, 9.17) is 61.9 Å². The van der Waals surface area contributed by atoms with E-state index < -0.39 is 113 Å². The number of furan rings is 2. The molecule has 2 aliphatic rings. The van der Waals surface area contributed by atoms with Crippen LogP contribution in [0.15, 0.2) is 79.3 Å². The third-order valence-electron chi connectivity index (χ3n) is 15.6. The van der Waals surface area contributed by atoms with Crippen LogP contribution in [0, 0.1) is 11.8 Å². The molecular weight excluding hydrogens is 1460 g/mol. The zero-order valence-electron chi connectivity index (χ0n) is 58.5. The molecule has 2 saturated heterocycles. The maximum atomic E-state index is 15.0. The Hall–Kier alpha value is -7.59. The zero-order chi connectivity index (χ0) is 76.4. The smallest absolute Gasteiger partial charge is 0.413 e. The van der Waals surface area contributed by atoms with Crippen LogP contribution in [0.4, 0.5) is 38.8 Å². The number of ether oxygens (including phenoxy) is 8. The number of phosphoric acid groups is 1. The summed E-state index contributed by atoms with van der Waals surface area (Å²) >= 11 is 0. The van der Waals surface area contributed by atoms with Gasteiger partial charge in [0.1, 0.15) is 58.4 Å². The fraction of sp³-hybridized carbons (Fsp3) is 0.562. The number of hydrogen-bond donors (Lipinski definition) is 9. The van der Waals surface area contributed by atoms with Gasteiger partial charge in [0, 0.05) is 48.1 Å². The minimum absolute atomic E-state index is 0. The number of carbonyl (C=O) groups excluding carboxylic acids is 4. The lowest BCUT2D eigenvalue weighted by molar-refractivity contribution is -0.894. The van der Waals surface area contributed by atoms with Crippen molar-refractivity contribution >= 4 is 86.4 Å². The van der Waals surface area contributed by atoms with Crippen molar-refractivity contribution in [1.82, 2.24) is 24.2 Å². The Labute approximate surface area is 609 Å². The van der Waals surface area contributed by atoms with E-state index in [-0.39, 0.29) is 94.7 Å². The Bertz CT molecular complexity index is 4020. The number of nitrogens with two attached hydrogens (primary N) is 1. The van der Waals surface area contributed by atoms with Crippen molar-refractivity contribution < 1.29 is 131 Å². The van der Waals surface area contributed by atoms with Crippen LogP contribution < -0.4 is 61.6 Å². The summed E-state index contributed by atoms with van der Waals surface area (Å²) in [6.45, 7) is 18.3. The van der Waals surface area contributed by atoms with Crippen molar-refractivity contribution in [2.45, 2.75) is 164 Å². The predicted octanol–water partition coefficient (Wildman–Crippen LogP) is 6.75. The number of fused-ring (bicyclic) bond motifs is 2. The summed E-state index contributed by atoms with van der Waals surface area (Å²) in [6.07, 6.45) is -13.5. The second-order valence-corrected chi connectivity index (χ2v) is 26.0. The van der Waals surface area contributed by atoms with Crippen molar-refractivity contribution in [1.29, 1.82) is 0 Å². The summed E-state index contributed by atoms with van der Waals surface area (Å²) < 4.78 is 144. The number of quaternary nitrogens is 1. The number of Topliss-reactive ketones (excluding diaryl/α,β-unsaturated/α-hetero) is 2. The second-order valence-electron chi connectivity index (χ2n) is 23.3. The van der Waals surface area contributed by atoms with Crippen LogP contribution >= 0.6 is 29.1 Å². The average Bonchev–Trinajstić information content (AvgIpc) is 1.65. The lowest BCUT2D eigenvalue weighted by Gasteiger charge is -2.24. The number of amides is 2. The number of rotatable bonds is 29. The summed E-state index contributed by atoms with van der Waals surface area (Å²) in [5.41, 5.74) is 3.72. The molecule has 0 aliphatic carbocycles. The number of aliphatic hydroxyl groups excluding tert-OH is 2. The number of hydrogen-bond acceptors (Lipinski definition) is 26. The Morgan fingerprint density at radius 1 is 0.648 bits per heavy atom. The van der Waals surface area contributed by atoms with Crippen molar-refractivity contribution in [3.63, 3.8) is 0 Å². The first-order valence-electron chi connectivity index (χ1n) is 31.7. The molecule has 2 unspecified atom stereocenters. The Kier molecular flexibility index (Phi) is 37.0. The van der Waals surface area contributed by atoms with E-state index in [1.54, 1.807) is 62.1 Å². The number of phosphoric ester groups is 1. The van der Waals surface area contributed by atoms with Crippen molar-refractivity contribution in [3.8, 4) is 23.0 Å². The number of benzene rings is 2. The fourth-order valence-electron chi connectivity index (χ4n) is 9.79. The summed E-state index contributed by atoms with van der Waals surface area (Å²) in [6, 6.07) is 10.5. The number of halogens is 4. The molecule has 6 aromatic rings. The van der Waals surface area contributed by atoms with Crippen molar-refractivity contribution in [3.05, 3.63) is 93.4 Å². The van der Waals surface area contributed by atoms with Gasteiger partial charge in [0.2, 0.25) is 12.5 Å². The van der Waals surface area contributed by atoms with Crippen LogP contribution in [0.25, 0.3) is 21.9 Å². The van der Waals surface area contributed by atoms with Crippen LogP contribution in [-0.2, 0) is 59.9 Å². The summed E-state index contributed by atoms with van der Waals surface area (Å²) in [5, 5.41) is 27.8. The number of carbonyl (C=O) groups is 4. The molecule has 8 rings (SSSR count). The Morgan fingerprint density at radius 3 is 1.34 bits per heavy atom. The minimum Gasteiger partial charge on any atom is -0.756 e. The molecule has 0 bridgehead atoms. The topological polar surface area (TPSA) is 461 Å². The van der Waals surface area contributed by atoms with Gasteiger partial charge in [-0.05, 0) is 69.0 Å². The molecule has 10 N–H and O–H groups in total. The number of methoxy groups -OCH3 is 4. The van der Waals surface area contributed by atoms with Gasteiger partial charge in [0.15, 0.2) is 48.1 Å². The molecule has 2 aliphatic heterocycles. The second kappa shape index (κ2) is 41.5. The van der Waals surface area contributed by atoms with E-state index in [0.29, 0.717) is 60.5 Å². The third-order valence-corrected chi connectivity index (χ3v) is 17.2. The fourth-order valence-corrected chi connectivity index (χ4v) is 11.3. The highest BCUT2D eigenvalue weighted by Gasteiger charge is 2.61. The highest BCUT2D eigenvalue weighted by atomic mass is 32.1. The highest BCUT2D eigenvalue weighted by molar-refractivity contribution is 7.59. The minimum atomic E-state index is -5.28. The lowest BCUT2D eigenvalue weighted by Crippen LogP contribution is -3.11. The van der Waals surface area contributed by atoms with Gasteiger partial charge < -0.3 is 86.8 Å². The first-order chi connectivity index (χ1) is 47.8. The highest BCUT2D eigenvalue weighted by Crippen LogP contribution is 2.47. The first-order valence-corrected chi connectivity index (χ1v) is 34.8. The predicted molar refractivity (Wildman–Crippen MR) is 376 cm³/mol. The monoisotopic (exact) mass is 1560 g/mol. The van der Waals surface area contributed by atoms with Gasteiger partial charge in [-0.15, -0.1) is 0 Å². The van der Waals surface area contributed by atoms with Crippen LogP contribution in [-0.4, -0.2) is 172 Å². The van der Waals surface area contributed by atoms with E-state index in [1.165, 1.54) is 48.1 Å². The Morgan fingerprint density at radius 2 is 1.04 bits per heavy atom. The summed E-state index contributed by atoms with van der Waals surface area (Å²) in [4.78, 5) is 111. The van der Waals surface area contributed by atoms with E-state index >= 15 is 8.78 Å². The van der Waals surface area contributed by atoms with Crippen LogP contribution in [0.2, 0.25) is 0 Å². The van der Waals surface area contributed by atoms with Crippen LogP contribution in [0.5, 0.6) is 23.0 Å². The number of ketones is 2. The van der Waals surface area contributed by atoms with E-state index in [1.807, 2.05) is 20.8 Å². The maximum absolute atomic E-state index is 15.0. The molecule has 4 aromatic heterocycles. The van der Waals surface area contributed by atoms with Gasteiger partial charge >= 0.3 is 43.2 Å².